The lowest BCUT2D eigenvalue weighted by molar-refractivity contribution is -0.122. The number of fused-ring (bicyclic) bond motifs is 1. The minimum absolute atomic E-state index is 0.0266. The van der Waals surface area contributed by atoms with Gasteiger partial charge in [-0.3, -0.25) is 19.4 Å². The van der Waals surface area contributed by atoms with Gasteiger partial charge in [0.25, 0.3) is 5.91 Å². The van der Waals surface area contributed by atoms with Crippen molar-refractivity contribution in [2.45, 2.75) is 37.8 Å². The van der Waals surface area contributed by atoms with Crippen LogP contribution in [-0.2, 0) is 16.1 Å². The van der Waals surface area contributed by atoms with Crippen molar-refractivity contribution in [3.8, 4) is 0 Å². The van der Waals surface area contributed by atoms with Crippen LogP contribution >= 0.6 is 23.4 Å². The summed E-state index contributed by atoms with van der Waals surface area (Å²) in [4.78, 5) is 31.7. The van der Waals surface area contributed by atoms with Crippen LogP contribution in [0.1, 0.15) is 31.4 Å². The van der Waals surface area contributed by atoms with E-state index in [9.17, 15) is 9.59 Å². The zero-order chi connectivity index (χ0) is 26.2. The molecule has 0 saturated heterocycles. The molecule has 1 N–H and O–H groups in total. The lowest BCUT2D eigenvalue weighted by atomic mass is 10.2. The molecule has 1 aliphatic rings. The molecule has 0 saturated carbocycles. The lowest BCUT2D eigenvalue weighted by Crippen LogP contribution is -2.43. The third kappa shape index (κ3) is 7.48. The number of carbonyl (C=O) groups is 2. The largest absolute Gasteiger partial charge is 0.355 e. The van der Waals surface area contributed by atoms with Crippen molar-refractivity contribution in [1.82, 2.24) is 10.2 Å². The zero-order valence-electron chi connectivity index (χ0n) is 21.2. The molecule has 0 aliphatic carbocycles. The van der Waals surface area contributed by atoms with Gasteiger partial charge in [-0.1, -0.05) is 78.0 Å². The molecule has 0 spiro atoms. The second-order valence-electron chi connectivity index (χ2n) is 9.28. The van der Waals surface area contributed by atoms with Crippen LogP contribution in [0.25, 0.3) is 6.08 Å². The summed E-state index contributed by atoms with van der Waals surface area (Å²) in [6, 6.07) is 25.9. The molecule has 0 atom stereocenters. The van der Waals surface area contributed by atoms with Crippen LogP contribution in [0.3, 0.4) is 0 Å². The van der Waals surface area contributed by atoms with E-state index in [1.807, 2.05) is 54.6 Å². The molecule has 1 heterocycles. The maximum absolute atomic E-state index is 13.4. The van der Waals surface area contributed by atoms with E-state index in [0.29, 0.717) is 22.5 Å². The molecule has 0 bridgehead atoms. The van der Waals surface area contributed by atoms with Crippen molar-refractivity contribution in [3.05, 3.63) is 99.9 Å². The van der Waals surface area contributed by atoms with Gasteiger partial charge >= 0.3 is 0 Å². The summed E-state index contributed by atoms with van der Waals surface area (Å²) in [5.74, 6) is -0.357. The summed E-state index contributed by atoms with van der Waals surface area (Å²) >= 11 is 7.54. The first-order valence-corrected chi connectivity index (χ1v) is 13.7. The Hall–Kier alpha value is -3.06. The number of benzene rings is 3. The molecule has 37 heavy (non-hydrogen) atoms. The Balaban J connectivity index is 1.37. The summed E-state index contributed by atoms with van der Waals surface area (Å²) in [7, 11) is 0. The van der Waals surface area contributed by atoms with E-state index in [4.69, 9.17) is 11.6 Å². The van der Waals surface area contributed by atoms with Crippen LogP contribution in [0.4, 0.5) is 5.69 Å². The lowest BCUT2D eigenvalue weighted by Gasteiger charge is -2.30. The number of anilines is 1. The van der Waals surface area contributed by atoms with Crippen molar-refractivity contribution >= 4 is 46.9 Å². The number of amides is 2. The van der Waals surface area contributed by atoms with Crippen molar-refractivity contribution in [2.24, 2.45) is 0 Å². The van der Waals surface area contributed by atoms with Gasteiger partial charge in [-0.25, -0.2) is 0 Å². The van der Waals surface area contributed by atoms with E-state index < -0.39 is 0 Å². The van der Waals surface area contributed by atoms with Crippen LogP contribution in [0.5, 0.6) is 0 Å². The highest BCUT2D eigenvalue weighted by Gasteiger charge is 2.30. The summed E-state index contributed by atoms with van der Waals surface area (Å²) in [5, 5.41) is 3.62. The number of thioether (sulfide) groups is 1. The van der Waals surface area contributed by atoms with E-state index in [2.05, 4.69) is 48.3 Å². The number of hydrogen-bond acceptors (Lipinski definition) is 4. The van der Waals surface area contributed by atoms with Crippen molar-refractivity contribution in [2.75, 3.05) is 24.5 Å². The van der Waals surface area contributed by atoms with Gasteiger partial charge < -0.3 is 5.32 Å². The van der Waals surface area contributed by atoms with Gasteiger partial charge in [0, 0.05) is 35.6 Å². The number of para-hydroxylation sites is 1. The molecular weight excluding hydrogens is 502 g/mol. The number of nitrogens with zero attached hydrogens (tertiary/aromatic N) is 2. The molecule has 0 fully saturated rings. The van der Waals surface area contributed by atoms with Crippen LogP contribution in [0.2, 0.25) is 5.02 Å². The number of hydrogen-bond donors (Lipinski definition) is 1. The summed E-state index contributed by atoms with van der Waals surface area (Å²) in [5.41, 5.74) is 2.88. The SMILES string of the molecule is CC(C)N(CCCNC(=O)CN1C(=O)C(=Cc2cccc(Cl)c2)Sc2ccccc21)Cc1ccccc1. The highest BCUT2D eigenvalue weighted by molar-refractivity contribution is 8.04. The second kappa shape index (κ2) is 13.0. The van der Waals surface area contributed by atoms with Gasteiger partial charge in [0.05, 0.1) is 10.6 Å². The maximum atomic E-state index is 13.4. The Morgan fingerprint density at radius 3 is 2.57 bits per heavy atom. The van der Waals surface area contributed by atoms with Crippen molar-refractivity contribution in [1.29, 1.82) is 0 Å². The average Bonchev–Trinajstić information content (AvgIpc) is 2.89. The molecule has 4 rings (SSSR count). The van der Waals surface area contributed by atoms with Crippen LogP contribution in [0.15, 0.2) is 88.7 Å². The van der Waals surface area contributed by atoms with E-state index in [1.54, 1.807) is 11.0 Å². The highest BCUT2D eigenvalue weighted by atomic mass is 35.5. The number of carbonyl (C=O) groups excluding carboxylic acids is 2. The van der Waals surface area contributed by atoms with E-state index in [1.165, 1.54) is 17.3 Å². The molecular formula is C30H32ClN3O2S. The molecule has 7 heteroatoms. The average molecular weight is 534 g/mol. The third-order valence-corrected chi connectivity index (χ3v) is 7.50. The normalized spacial score (nSPS) is 14.4. The number of halogens is 1. The first-order valence-electron chi connectivity index (χ1n) is 12.5. The minimum Gasteiger partial charge on any atom is -0.355 e. The van der Waals surface area contributed by atoms with Crippen LogP contribution < -0.4 is 10.2 Å². The molecule has 5 nitrogen and oxygen atoms in total. The van der Waals surface area contributed by atoms with Gasteiger partial charge in [0.15, 0.2) is 0 Å². The van der Waals surface area contributed by atoms with Crippen molar-refractivity contribution in [3.63, 3.8) is 0 Å². The van der Waals surface area contributed by atoms with Gasteiger partial charge in [0.2, 0.25) is 5.91 Å². The molecule has 3 aromatic carbocycles. The van der Waals surface area contributed by atoms with Crippen molar-refractivity contribution < 1.29 is 9.59 Å². The number of nitrogens with one attached hydrogen (secondary N) is 1. The summed E-state index contributed by atoms with van der Waals surface area (Å²) in [6.07, 6.45) is 2.66. The fraction of sp³-hybridized carbons (Fsp3) is 0.267. The Morgan fingerprint density at radius 1 is 1.05 bits per heavy atom. The summed E-state index contributed by atoms with van der Waals surface area (Å²) in [6.45, 7) is 6.66. The molecule has 0 unspecified atom stereocenters. The maximum Gasteiger partial charge on any atom is 0.265 e. The Labute approximate surface area is 228 Å². The Kier molecular flexibility index (Phi) is 9.45. The molecule has 0 radical (unpaired) electrons. The molecule has 2 amide bonds. The summed E-state index contributed by atoms with van der Waals surface area (Å²) < 4.78 is 0. The second-order valence-corrected chi connectivity index (χ2v) is 10.8. The molecule has 192 valence electrons. The monoisotopic (exact) mass is 533 g/mol. The molecule has 3 aromatic rings. The molecule has 1 aliphatic heterocycles. The Bertz CT molecular complexity index is 1260. The fourth-order valence-electron chi connectivity index (χ4n) is 4.21. The van der Waals surface area contributed by atoms with Crippen LogP contribution in [-0.4, -0.2) is 42.4 Å². The third-order valence-electron chi connectivity index (χ3n) is 6.18. The first-order chi connectivity index (χ1) is 17.9. The quantitative estimate of drug-likeness (QED) is 0.248. The van der Waals surface area contributed by atoms with Gasteiger partial charge in [0.1, 0.15) is 6.54 Å². The zero-order valence-corrected chi connectivity index (χ0v) is 22.8. The van der Waals surface area contributed by atoms with Gasteiger partial charge in [-0.2, -0.15) is 0 Å². The Morgan fingerprint density at radius 2 is 1.81 bits per heavy atom. The predicted molar refractivity (Wildman–Crippen MR) is 154 cm³/mol. The van der Waals surface area contributed by atoms with Gasteiger partial charge in [-0.05, 0) is 61.7 Å². The fourth-order valence-corrected chi connectivity index (χ4v) is 5.47. The standard InChI is InChI=1S/C30H32ClN3O2S/c1-22(2)33(20-23-10-4-3-5-11-23)17-9-16-32-29(35)21-34-26-14-6-7-15-27(26)37-28(30(34)36)19-24-12-8-13-25(31)18-24/h3-8,10-15,18-19,22H,9,16-17,20-21H2,1-2H3,(H,32,35). The van der Waals surface area contributed by atoms with E-state index in [-0.39, 0.29) is 18.4 Å². The van der Waals surface area contributed by atoms with Crippen LogP contribution in [0, 0.1) is 0 Å². The molecule has 0 aromatic heterocycles. The first kappa shape index (κ1) is 27.0. The highest BCUT2D eigenvalue weighted by Crippen LogP contribution is 2.42. The smallest absolute Gasteiger partial charge is 0.265 e. The van der Waals surface area contributed by atoms with E-state index in [0.717, 1.165) is 35.7 Å². The minimum atomic E-state index is -0.187. The topological polar surface area (TPSA) is 52.7 Å². The van der Waals surface area contributed by atoms with Gasteiger partial charge in [-0.15, -0.1) is 0 Å². The number of rotatable bonds is 10. The predicted octanol–water partition coefficient (Wildman–Crippen LogP) is 6.24. The van der Waals surface area contributed by atoms with E-state index >= 15 is 0 Å².